The van der Waals surface area contributed by atoms with Crippen LogP contribution < -0.4 is 10.5 Å². The first-order valence-electron chi connectivity index (χ1n) is 9.16. The molecule has 9 heteroatoms. The molecule has 0 unspecified atom stereocenters. The van der Waals surface area contributed by atoms with Crippen molar-refractivity contribution in [3.63, 3.8) is 0 Å². The molecule has 0 radical (unpaired) electrons. The Morgan fingerprint density at radius 2 is 1.96 bits per heavy atom. The van der Waals surface area contributed by atoms with Crippen LogP contribution in [0.3, 0.4) is 0 Å². The minimum Gasteiger partial charge on any atom is -0.369 e. The molecular formula is C19H21F2N5O2. The second kappa shape index (κ2) is 7.67. The minimum absolute atomic E-state index is 0.353. The van der Waals surface area contributed by atoms with Gasteiger partial charge in [-0.2, -0.15) is 0 Å². The molecule has 0 atom stereocenters. The van der Waals surface area contributed by atoms with Gasteiger partial charge >= 0.3 is 0 Å². The van der Waals surface area contributed by atoms with Gasteiger partial charge in [-0.15, -0.1) is 0 Å². The molecular weight excluding hydrogens is 368 g/mol. The maximum absolute atomic E-state index is 12.6. The first-order chi connectivity index (χ1) is 13.5. The zero-order chi connectivity index (χ0) is 19.7. The Bertz CT molecular complexity index is 1020. The van der Waals surface area contributed by atoms with Gasteiger partial charge in [0.2, 0.25) is 0 Å². The van der Waals surface area contributed by atoms with Crippen LogP contribution in [0, 0.1) is 6.92 Å². The van der Waals surface area contributed by atoms with Crippen LogP contribution in [0.5, 0.6) is 0 Å². The van der Waals surface area contributed by atoms with Crippen LogP contribution in [-0.2, 0) is 13.1 Å². The molecule has 0 aliphatic carbocycles. The molecule has 7 nitrogen and oxygen atoms in total. The van der Waals surface area contributed by atoms with E-state index in [0.717, 1.165) is 54.4 Å². The van der Waals surface area contributed by atoms with Crippen molar-refractivity contribution in [1.82, 2.24) is 19.6 Å². The van der Waals surface area contributed by atoms with E-state index in [9.17, 15) is 13.6 Å². The van der Waals surface area contributed by atoms with Gasteiger partial charge in [0.05, 0.1) is 36.0 Å². The highest BCUT2D eigenvalue weighted by Crippen LogP contribution is 2.21. The number of halogens is 2. The van der Waals surface area contributed by atoms with Crippen LogP contribution in [0.15, 0.2) is 39.9 Å². The molecule has 3 aromatic rings. The highest BCUT2D eigenvalue weighted by Gasteiger charge is 2.19. The summed E-state index contributed by atoms with van der Waals surface area (Å²) in [7, 11) is 0. The Morgan fingerprint density at radius 1 is 1.18 bits per heavy atom. The third kappa shape index (κ3) is 3.89. The van der Waals surface area contributed by atoms with Gasteiger partial charge in [0.1, 0.15) is 0 Å². The number of rotatable bonds is 5. The van der Waals surface area contributed by atoms with Crippen molar-refractivity contribution in [2.75, 3.05) is 31.1 Å². The Kier molecular flexibility index (Phi) is 5.08. The number of nitrogens with zero attached hydrogens (tertiary/aromatic N) is 5. The first kappa shape index (κ1) is 18.5. The zero-order valence-corrected chi connectivity index (χ0v) is 15.5. The average molecular weight is 389 g/mol. The number of hydrogen-bond donors (Lipinski definition) is 0. The van der Waals surface area contributed by atoms with Crippen molar-refractivity contribution in [2.24, 2.45) is 0 Å². The molecule has 148 valence electrons. The SMILES string of the molecule is Cc1cc(CN2CCN(c3ccc4c(=O)n(CC(F)F)cnc4c3)CC2)on1. The van der Waals surface area contributed by atoms with Crippen molar-refractivity contribution in [3.05, 3.63) is 52.4 Å². The molecule has 0 bridgehead atoms. The summed E-state index contributed by atoms with van der Waals surface area (Å²) in [5.41, 5.74) is 1.93. The summed E-state index contributed by atoms with van der Waals surface area (Å²) >= 11 is 0. The number of alkyl halides is 2. The summed E-state index contributed by atoms with van der Waals surface area (Å²) in [6, 6.07) is 7.32. The molecule has 1 fully saturated rings. The lowest BCUT2D eigenvalue weighted by Crippen LogP contribution is -2.45. The Morgan fingerprint density at radius 3 is 2.64 bits per heavy atom. The number of hydrogen-bond acceptors (Lipinski definition) is 6. The summed E-state index contributed by atoms with van der Waals surface area (Å²) in [6.45, 7) is 5.42. The van der Waals surface area contributed by atoms with Crippen LogP contribution in [0.25, 0.3) is 10.9 Å². The quantitative estimate of drug-likeness (QED) is 0.667. The highest BCUT2D eigenvalue weighted by molar-refractivity contribution is 5.81. The minimum atomic E-state index is -2.59. The Labute approximate surface area is 160 Å². The molecule has 4 rings (SSSR count). The van der Waals surface area contributed by atoms with Crippen molar-refractivity contribution in [2.45, 2.75) is 26.4 Å². The molecule has 0 spiro atoms. The third-order valence-electron chi connectivity index (χ3n) is 4.94. The lowest BCUT2D eigenvalue weighted by molar-refractivity contribution is 0.125. The molecule has 2 aromatic heterocycles. The van der Waals surface area contributed by atoms with Gasteiger partial charge in [-0.1, -0.05) is 5.16 Å². The molecule has 28 heavy (non-hydrogen) atoms. The summed E-state index contributed by atoms with van der Waals surface area (Å²) in [5.74, 6) is 0.862. The Balaban J connectivity index is 1.45. The number of aryl methyl sites for hydroxylation is 1. The van der Waals surface area contributed by atoms with E-state index in [0.29, 0.717) is 10.9 Å². The molecule has 1 aliphatic rings. The number of piperazine rings is 1. The normalized spacial score (nSPS) is 15.6. The van der Waals surface area contributed by atoms with Gasteiger partial charge < -0.3 is 9.42 Å². The van der Waals surface area contributed by atoms with E-state index in [1.54, 1.807) is 6.07 Å². The highest BCUT2D eigenvalue weighted by atomic mass is 19.3. The largest absolute Gasteiger partial charge is 0.369 e. The predicted molar refractivity (Wildman–Crippen MR) is 101 cm³/mol. The number of anilines is 1. The van der Waals surface area contributed by atoms with Crippen molar-refractivity contribution < 1.29 is 13.3 Å². The van der Waals surface area contributed by atoms with Gasteiger partial charge in [-0.25, -0.2) is 13.8 Å². The maximum atomic E-state index is 12.6. The average Bonchev–Trinajstić information content (AvgIpc) is 3.09. The van der Waals surface area contributed by atoms with Crippen molar-refractivity contribution in [1.29, 1.82) is 0 Å². The molecule has 0 N–H and O–H groups in total. The van der Waals surface area contributed by atoms with Crippen LogP contribution in [-0.4, -0.2) is 52.2 Å². The molecule has 1 aromatic carbocycles. The van der Waals surface area contributed by atoms with E-state index >= 15 is 0 Å². The summed E-state index contributed by atoms with van der Waals surface area (Å²) in [5, 5.41) is 4.27. The monoisotopic (exact) mass is 389 g/mol. The first-order valence-corrected chi connectivity index (χ1v) is 9.16. The predicted octanol–water partition coefficient (Wildman–Crippen LogP) is 2.28. The fourth-order valence-electron chi connectivity index (χ4n) is 3.50. The van der Waals surface area contributed by atoms with E-state index in [-0.39, 0.29) is 0 Å². The summed E-state index contributed by atoms with van der Waals surface area (Å²) in [6.07, 6.45) is -1.40. The topological polar surface area (TPSA) is 67.4 Å². The van der Waals surface area contributed by atoms with E-state index in [4.69, 9.17) is 4.52 Å². The van der Waals surface area contributed by atoms with Crippen LogP contribution in [0.1, 0.15) is 11.5 Å². The fraction of sp³-hybridized carbons (Fsp3) is 0.421. The van der Waals surface area contributed by atoms with Gasteiger partial charge in [-0.3, -0.25) is 14.3 Å². The summed E-state index contributed by atoms with van der Waals surface area (Å²) < 4.78 is 31.4. The second-order valence-corrected chi connectivity index (χ2v) is 6.99. The Hall–Kier alpha value is -2.81. The molecule has 0 saturated carbocycles. The van der Waals surface area contributed by atoms with E-state index in [1.807, 2.05) is 25.1 Å². The number of fused-ring (bicyclic) bond motifs is 1. The number of benzene rings is 1. The molecule has 3 heterocycles. The van der Waals surface area contributed by atoms with E-state index in [2.05, 4.69) is 19.9 Å². The number of aromatic nitrogens is 3. The van der Waals surface area contributed by atoms with E-state index in [1.165, 1.54) is 6.33 Å². The zero-order valence-electron chi connectivity index (χ0n) is 15.5. The maximum Gasteiger partial charge on any atom is 0.261 e. The molecule has 0 amide bonds. The fourth-order valence-corrected chi connectivity index (χ4v) is 3.50. The van der Waals surface area contributed by atoms with Gasteiger partial charge in [0, 0.05) is 37.9 Å². The van der Waals surface area contributed by atoms with Crippen LogP contribution in [0.4, 0.5) is 14.5 Å². The molecule has 1 saturated heterocycles. The smallest absolute Gasteiger partial charge is 0.261 e. The summed E-state index contributed by atoms with van der Waals surface area (Å²) in [4.78, 5) is 21.1. The van der Waals surface area contributed by atoms with E-state index < -0.39 is 18.5 Å². The van der Waals surface area contributed by atoms with Gasteiger partial charge in [0.15, 0.2) is 5.76 Å². The standard InChI is InChI=1S/C19H21F2N5O2/c1-13-8-15(28-23-13)10-24-4-6-25(7-5-24)14-2-3-16-17(9-14)22-12-26(19(16)27)11-18(20)21/h2-3,8-9,12,18H,4-7,10-11H2,1H3. The lowest BCUT2D eigenvalue weighted by atomic mass is 10.2. The van der Waals surface area contributed by atoms with Crippen LogP contribution >= 0.6 is 0 Å². The van der Waals surface area contributed by atoms with Crippen molar-refractivity contribution in [3.8, 4) is 0 Å². The third-order valence-corrected chi connectivity index (χ3v) is 4.94. The molecule has 1 aliphatic heterocycles. The lowest BCUT2D eigenvalue weighted by Gasteiger charge is -2.35. The van der Waals surface area contributed by atoms with Crippen LogP contribution in [0.2, 0.25) is 0 Å². The van der Waals surface area contributed by atoms with Gasteiger partial charge in [-0.05, 0) is 25.1 Å². The van der Waals surface area contributed by atoms with Gasteiger partial charge in [0.25, 0.3) is 12.0 Å². The van der Waals surface area contributed by atoms with Crippen molar-refractivity contribution >= 4 is 16.6 Å². The second-order valence-electron chi connectivity index (χ2n) is 6.99.